The Morgan fingerprint density at radius 1 is 1.41 bits per heavy atom. The minimum absolute atomic E-state index is 0.686. The van der Waals surface area contributed by atoms with Gasteiger partial charge in [-0.1, -0.05) is 23.2 Å². The maximum atomic E-state index is 6.07. The van der Waals surface area contributed by atoms with E-state index in [1.807, 2.05) is 6.07 Å². The summed E-state index contributed by atoms with van der Waals surface area (Å²) in [7, 11) is 0. The van der Waals surface area contributed by atoms with Crippen molar-refractivity contribution in [3.63, 3.8) is 0 Å². The van der Waals surface area contributed by atoms with E-state index in [1.54, 1.807) is 30.1 Å². The second-order valence-electron chi connectivity index (χ2n) is 3.14. The van der Waals surface area contributed by atoms with Crippen molar-refractivity contribution in [1.82, 2.24) is 4.98 Å². The molecule has 1 heterocycles. The number of aromatic nitrogens is 1. The number of rotatable bonds is 4. The van der Waals surface area contributed by atoms with Gasteiger partial charge in [0.2, 0.25) is 0 Å². The Morgan fingerprint density at radius 3 is 2.94 bits per heavy atom. The van der Waals surface area contributed by atoms with Crippen LogP contribution in [0.25, 0.3) is 0 Å². The summed E-state index contributed by atoms with van der Waals surface area (Å²) in [5.74, 6) is 6.06. The molecule has 0 radical (unpaired) electrons. The molecular formula is C10H9Cl2N3S2. The van der Waals surface area contributed by atoms with Gasteiger partial charge in [-0.15, -0.1) is 23.1 Å². The number of hydrazine groups is 1. The second-order valence-corrected chi connectivity index (χ2v) is 6.12. The van der Waals surface area contributed by atoms with Crippen molar-refractivity contribution in [2.45, 2.75) is 10.6 Å². The summed E-state index contributed by atoms with van der Waals surface area (Å²) in [5.41, 5.74) is 2.52. The summed E-state index contributed by atoms with van der Waals surface area (Å²) < 4.78 is 0. The third-order valence-corrected chi connectivity index (χ3v) is 4.83. The average molecular weight is 306 g/mol. The predicted octanol–water partition coefficient (Wildman–Crippen LogP) is 4.03. The Kier molecular flexibility index (Phi) is 4.53. The highest BCUT2D eigenvalue weighted by Crippen LogP contribution is 2.33. The number of hydrogen-bond acceptors (Lipinski definition) is 5. The predicted molar refractivity (Wildman–Crippen MR) is 75.9 cm³/mol. The van der Waals surface area contributed by atoms with Crippen LogP contribution in [0.1, 0.15) is 4.88 Å². The van der Waals surface area contributed by atoms with Crippen LogP contribution in [-0.4, -0.2) is 4.98 Å². The molecule has 0 bridgehead atoms. The first-order valence-corrected chi connectivity index (χ1v) is 7.24. The lowest BCUT2D eigenvalue weighted by Crippen LogP contribution is -2.05. The Morgan fingerprint density at radius 2 is 2.24 bits per heavy atom. The van der Waals surface area contributed by atoms with Crippen molar-refractivity contribution in [2.24, 2.45) is 5.84 Å². The third-order valence-electron chi connectivity index (χ3n) is 1.94. The molecule has 90 valence electrons. The number of nitrogens with one attached hydrogen (secondary N) is 1. The van der Waals surface area contributed by atoms with Gasteiger partial charge in [0.05, 0.1) is 5.02 Å². The van der Waals surface area contributed by atoms with E-state index in [9.17, 15) is 0 Å². The summed E-state index contributed by atoms with van der Waals surface area (Å²) in [6.07, 6.45) is 1.80. The number of nitrogen functional groups attached to an aromatic ring is 1. The molecule has 0 unspecified atom stereocenters. The molecule has 0 spiro atoms. The number of benzene rings is 1. The minimum atomic E-state index is 0.686. The highest BCUT2D eigenvalue weighted by atomic mass is 35.5. The molecule has 1 aromatic heterocycles. The van der Waals surface area contributed by atoms with Crippen LogP contribution in [0, 0.1) is 0 Å². The van der Waals surface area contributed by atoms with E-state index in [0.717, 1.165) is 15.5 Å². The summed E-state index contributed by atoms with van der Waals surface area (Å²) in [4.78, 5) is 6.19. The van der Waals surface area contributed by atoms with E-state index < -0.39 is 0 Å². The van der Waals surface area contributed by atoms with Gasteiger partial charge in [0, 0.05) is 26.7 Å². The van der Waals surface area contributed by atoms with Crippen molar-refractivity contribution in [3.8, 4) is 0 Å². The molecule has 7 heteroatoms. The van der Waals surface area contributed by atoms with Crippen LogP contribution in [0.3, 0.4) is 0 Å². The maximum absolute atomic E-state index is 6.07. The van der Waals surface area contributed by atoms with Gasteiger partial charge in [0.15, 0.2) is 5.13 Å². The Hall–Kier alpha value is -0.460. The first kappa shape index (κ1) is 13.0. The lowest BCUT2D eigenvalue weighted by atomic mass is 10.4. The fourth-order valence-corrected chi connectivity index (χ4v) is 3.41. The van der Waals surface area contributed by atoms with Gasteiger partial charge >= 0.3 is 0 Å². The Bertz CT molecular complexity index is 516. The first-order valence-electron chi connectivity index (χ1n) is 4.68. The zero-order chi connectivity index (χ0) is 12.3. The van der Waals surface area contributed by atoms with Crippen LogP contribution in [-0.2, 0) is 5.75 Å². The standard InChI is InChI=1S/C10H9Cl2N3S2/c11-6-1-2-8(12)9(3-6)16-5-7-4-14-10(15-13)17-7/h1-4H,5,13H2,(H,14,15). The first-order chi connectivity index (χ1) is 8.19. The largest absolute Gasteiger partial charge is 0.300 e. The molecule has 0 aliphatic carbocycles. The molecule has 0 aliphatic heterocycles. The van der Waals surface area contributed by atoms with Gasteiger partial charge in [-0.25, -0.2) is 10.8 Å². The van der Waals surface area contributed by atoms with E-state index in [1.165, 1.54) is 11.3 Å². The molecule has 0 saturated heterocycles. The molecule has 0 atom stereocenters. The molecular weight excluding hydrogens is 297 g/mol. The Labute approximate surface area is 117 Å². The number of thioether (sulfide) groups is 1. The van der Waals surface area contributed by atoms with Crippen molar-refractivity contribution in [3.05, 3.63) is 39.3 Å². The molecule has 2 aromatic rings. The molecule has 0 aliphatic rings. The van der Waals surface area contributed by atoms with Gasteiger partial charge in [-0.2, -0.15) is 0 Å². The lowest BCUT2D eigenvalue weighted by Gasteiger charge is -2.03. The molecule has 0 amide bonds. The summed E-state index contributed by atoms with van der Waals surface area (Å²) in [6.45, 7) is 0. The molecule has 0 fully saturated rings. The summed E-state index contributed by atoms with van der Waals surface area (Å²) >= 11 is 15.1. The fraction of sp³-hybridized carbons (Fsp3) is 0.100. The van der Waals surface area contributed by atoms with Gasteiger partial charge < -0.3 is 0 Å². The van der Waals surface area contributed by atoms with Crippen LogP contribution in [0.4, 0.5) is 5.13 Å². The number of anilines is 1. The van der Waals surface area contributed by atoms with Gasteiger partial charge in [-0.3, -0.25) is 5.43 Å². The maximum Gasteiger partial charge on any atom is 0.197 e. The number of halogens is 2. The molecule has 17 heavy (non-hydrogen) atoms. The SMILES string of the molecule is NNc1ncc(CSc2cc(Cl)ccc2Cl)s1. The van der Waals surface area contributed by atoms with Crippen molar-refractivity contribution in [1.29, 1.82) is 0 Å². The zero-order valence-electron chi connectivity index (χ0n) is 8.61. The highest BCUT2D eigenvalue weighted by molar-refractivity contribution is 7.98. The zero-order valence-corrected chi connectivity index (χ0v) is 11.8. The van der Waals surface area contributed by atoms with E-state index in [-0.39, 0.29) is 0 Å². The van der Waals surface area contributed by atoms with Gasteiger partial charge in [0.25, 0.3) is 0 Å². The molecule has 0 saturated carbocycles. The molecule has 3 nitrogen and oxygen atoms in total. The van der Waals surface area contributed by atoms with Crippen molar-refractivity contribution in [2.75, 3.05) is 5.43 Å². The number of hydrogen-bond donors (Lipinski definition) is 2. The normalized spacial score (nSPS) is 10.5. The molecule has 1 aromatic carbocycles. The summed E-state index contributed by atoms with van der Waals surface area (Å²) in [6, 6.07) is 5.43. The second kappa shape index (κ2) is 5.93. The topological polar surface area (TPSA) is 50.9 Å². The minimum Gasteiger partial charge on any atom is -0.300 e. The van der Waals surface area contributed by atoms with Gasteiger partial charge in [0.1, 0.15) is 0 Å². The monoisotopic (exact) mass is 305 g/mol. The smallest absolute Gasteiger partial charge is 0.197 e. The van der Waals surface area contributed by atoms with Crippen LogP contribution in [0.2, 0.25) is 10.0 Å². The Balaban J connectivity index is 2.04. The van der Waals surface area contributed by atoms with Crippen LogP contribution in [0.5, 0.6) is 0 Å². The van der Waals surface area contributed by atoms with E-state index in [2.05, 4.69) is 10.4 Å². The number of thiazole rings is 1. The van der Waals surface area contributed by atoms with Crippen LogP contribution >= 0.6 is 46.3 Å². The fourth-order valence-electron chi connectivity index (χ4n) is 1.18. The van der Waals surface area contributed by atoms with E-state index >= 15 is 0 Å². The number of nitrogens with two attached hydrogens (primary N) is 1. The number of nitrogens with zero attached hydrogens (tertiary/aromatic N) is 1. The average Bonchev–Trinajstić information content (AvgIpc) is 2.78. The molecule has 3 N–H and O–H groups in total. The van der Waals surface area contributed by atoms with Crippen molar-refractivity contribution < 1.29 is 0 Å². The third kappa shape index (κ3) is 3.50. The van der Waals surface area contributed by atoms with Crippen LogP contribution in [0.15, 0.2) is 29.3 Å². The quantitative estimate of drug-likeness (QED) is 0.509. The van der Waals surface area contributed by atoms with Crippen LogP contribution < -0.4 is 11.3 Å². The lowest BCUT2D eigenvalue weighted by molar-refractivity contribution is 1.28. The van der Waals surface area contributed by atoms with Crippen molar-refractivity contribution >= 4 is 51.4 Å². The van der Waals surface area contributed by atoms with E-state index in [4.69, 9.17) is 29.0 Å². The van der Waals surface area contributed by atoms with Gasteiger partial charge in [-0.05, 0) is 18.2 Å². The molecule has 2 rings (SSSR count). The van der Waals surface area contributed by atoms with E-state index in [0.29, 0.717) is 15.2 Å². The summed E-state index contributed by atoms with van der Waals surface area (Å²) in [5, 5.41) is 2.10. The highest BCUT2D eigenvalue weighted by Gasteiger charge is 2.05.